The molecule has 0 aliphatic heterocycles. The number of hydrogen-bond donors (Lipinski definition) is 0. The van der Waals surface area contributed by atoms with E-state index < -0.39 is 21.1 Å². The highest BCUT2D eigenvalue weighted by molar-refractivity contribution is 7.93. The Hall–Kier alpha value is -0.580. The number of carbonyl (C=O) groups is 1. The molecule has 1 saturated carbocycles. The van der Waals surface area contributed by atoms with Crippen LogP contribution in [0.1, 0.15) is 52.4 Å². The monoisotopic (exact) mass is 262 g/mol. The van der Waals surface area contributed by atoms with Crippen molar-refractivity contribution >= 4 is 15.8 Å². The van der Waals surface area contributed by atoms with E-state index in [1.165, 1.54) is 0 Å². The first-order valence-corrected chi connectivity index (χ1v) is 8.04. The van der Waals surface area contributed by atoms with Gasteiger partial charge in [0, 0.05) is 0 Å². The van der Waals surface area contributed by atoms with E-state index >= 15 is 0 Å². The molecule has 1 rings (SSSR count). The van der Waals surface area contributed by atoms with Gasteiger partial charge in [-0.1, -0.05) is 26.2 Å². The van der Waals surface area contributed by atoms with Crippen LogP contribution in [0.15, 0.2) is 0 Å². The Bertz CT molecular complexity index is 342. The van der Waals surface area contributed by atoms with Gasteiger partial charge in [-0.25, -0.2) is 8.42 Å². The van der Waals surface area contributed by atoms with Gasteiger partial charge in [0.15, 0.2) is 15.1 Å². The topological polar surface area (TPSA) is 60.4 Å². The lowest BCUT2D eigenvalue weighted by atomic mass is 10.2. The molecule has 0 spiro atoms. The summed E-state index contributed by atoms with van der Waals surface area (Å²) in [5.74, 6) is -0.568. The summed E-state index contributed by atoms with van der Waals surface area (Å²) in [7, 11) is -3.36. The van der Waals surface area contributed by atoms with Crippen molar-refractivity contribution in [2.75, 3.05) is 6.61 Å². The van der Waals surface area contributed by atoms with E-state index in [4.69, 9.17) is 4.74 Å². The summed E-state index contributed by atoms with van der Waals surface area (Å²) in [6.45, 7) is 3.82. The normalized spacial score (nSPS) is 19.2. The van der Waals surface area contributed by atoms with Gasteiger partial charge >= 0.3 is 5.97 Å². The summed E-state index contributed by atoms with van der Waals surface area (Å²) < 4.78 is 29.6. The maximum Gasteiger partial charge on any atom is 0.324 e. The number of sulfone groups is 1. The molecule has 17 heavy (non-hydrogen) atoms. The quantitative estimate of drug-likeness (QED) is 0.688. The number of hydrogen-bond acceptors (Lipinski definition) is 4. The SMILES string of the molecule is CCCC(C(=O)OCC)S(=O)(=O)C1CCCC1. The molecule has 0 heterocycles. The second kappa shape index (κ2) is 6.38. The van der Waals surface area contributed by atoms with Crippen molar-refractivity contribution in [3.8, 4) is 0 Å². The van der Waals surface area contributed by atoms with Crippen LogP contribution in [0.2, 0.25) is 0 Å². The van der Waals surface area contributed by atoms with Crippen LogP contribution >= 0.6 is 0 Å². The van der Waals surface area contributed by atoms with Crippen LogP contribution in [0.3, 0.4) is 0 Å². The number of ether oxygens (including phenoxy) is 1. The Kier molecular flexibility index (Phi) is 5.43. The first-order chi connectivity index (χ1) is 8.04. The molecule has 0 N–H and O–H groups in total. The van der Waals surface area contributed by atoms with Crippen molar-refractivity contribution in [3.05, 3.63) is 0 Å². The van der Waals surface area contributed by atoms with E-state index in [0.717, 1.165) is 12.8 Å². The molecule has 1 aliphatic carbocycles. The molecule has 1 atom stereocenters. The molecule has 1 aliphatic rings. The summed E-state index contributed by atoms with van der Waals surface area (Å²) in [6, 6.07) is 0. The standard InChI is InChI=1S/C12H22O4S/c1-3-7-11(12(13)16-4-2)17(14,15)10-8-5-6-9-10/h10-11H,3-9H2,1-2H3. The van der Waals surface area contributed by atoms with E-state index in [1.807, 2.05) is 6.92 Å². The van der Waals surface area contributed by atoms with Crippen LogP contribution < -0.4 is 0 Å². The fraction of sp³-hybridized carbons (Fsp3) is 0.917. The molecule has 0 aromatic rings. The highest BCUT2D eigenvalue weighted by atomic mass is 32.2. The first kappa shape index (κ1) is 14.5. The summed E-state index contributed by atoms with van der Waals surface area (Å²) in [5, 5.41) is -1.28. The van der Waals surface area contributed by atoms with Gasteiger partial charge in [0.2, 0.25) is 0 Å². The van der Waals surface area contributed by atoms with Crippen molar-refractivity contribution in [3.63, 3.8) is 0 Å². The molecule has 0 saturated heterocycles. The molecule has 5 heteroatoms. The molecule has 0 bridgehead atoms. The molecular weight excluding hydrogens is 240 g/mol. The highest BCUT2D eigenvalue weighted by Gasteiger charge is 2.40. The summed E-state index contributed by atoms with van der Waals surface area (Å²) in [6.07, 6.45) is 4.34. The Labute approximate surface area is 104 Å². The van der Waals surface area contributed by atoms with Crippen LogP contribution in [-0.2, 0) is 19.4 Å². The summed E-state index contributed by atoms with van der Waals surface area (Å²) in [5.41, 5.74) is 0. The lowest BCUT2D eigenvalue weighted by Gasteiger charge is -2.19. The number of carbonyl (C=O) groups excluding carboxylic acids is 1. The molecule has 0 radical (unpaired) electrons. The fourth-order valence-electron chi connectivity index (χ4n) is 2.36. The zero-order chi connectivity index (χ0) is 12.9. The van der Waals surface area contributed by atoms with E-state index in [2.05, 4.69) is 0 Å². The molecule has 100 valence electrons. The smallest absolute Gasteiger partial charge is 0.324 e. The average molecular weight is 262 g/mol. The summed E-state index contributed by atoms with van der Waals surface area (Å²) in [4.78, 5) is 11.7. The Balaban J connectivity index is 2.84. The summed E-state index contributed by atoms with van der Waals surface area (Å²) >= 11 is 0. The molecular formula is C12H22O4S. The highest BCUT2D eigenvalue weighted by Crippen LogP contribution is 2.29. The zero-order valence-electron chi connectivity index (χ0n) is 10.6. The van der Waals surface area contributed by atoms with Gasteiger partial charge in [-0.2, -0.15) is 0 Å². The van der Waals surface area contributed by atoms with Crippen molar-refractivity contribution in [1.82, 2.24) is 0 Å². The van der Waals surface area contributed by atoms with E-state index in [-0.39, 0.29) is 11.9 Å². The zero-order valence-corrected chi connectivity index (χ0v) is 11.5. The minimum absolute atomic E-state index is 0.235. The largest absolute Gasteiger partial charge is 0.465 e. The molecule has 0 aromatic carbocycles. The van der Waals surface area contributed by atoms with Gasteiger partial charge < -0.3 is 4.74 Å². The second-order valence-corrected chi connectivity index (χ2v) is 6.94. The van der Waals surface area contributed by atoms with E-state index in [0.29, 0.717) is 25.7 Å². The van der Waals surface area contributed by atoms with Gasteiger partial charge in [0.1, 0.15) is 0 Å². The van der Waals surface area contributed by atoms with Crippen LogP contribution in [0.5, 0.6) is 0 Å². The van der Waals surface area contributed by atoms with Gasteiger partial charge in [0.05, 0.1) is 11.9 Å². The Morgan fingerprint density at radius 1 is 1.29 bits per heavy atom. The van der Waals surface area contributed by atoms with Gasteiger partial charge in [-0.15, -0.1) is 0 Å². The maximum absolute atomic E-state index is 12.3. The van der Waals surface area contributed by atoms with Crippen LogP contribution in [0, 0.1) is 0 Å². The number of esters is 1. The molecule has 1 unspecified atom stereocenters. The van der Waals surface area contributed by atoms with Crippen LogP contribution in [0.4, 0.5) is 0 Å². The molecule has 0 aromatic heterocycles. The van der Waals surface area contributed by atoms with E-state index in [1.54, 1.807) is 6.92 Å². The minimum Gasteiger partial charge on any atom is -0.465 e. The lowest BCUT2D eigenvalue weighted by molar-refractivity contribution is -0.142. The predicted octanol–water partition coefficient (Wildman–Crippen LogP) is 2.08. The predicted molar refractivity (Wildman–Crippen MR) is 66.5 cm³/mol. The average Bonchev–Trinajstić information content (AvgIpc) is 2.79. The lowest BCUT2D eigenvalue weighted by Crippen LogP contribution is -2.37. The molecule has 4 nitrogen and oxygen atoms in total. The van der Waals surface area contributed by atoms with Gasteiger partial charge in [0.25, 0.3) is 0 Å². The second-order valence-electron chi connectivity index (χ2n) is 4.52. The van der Waals surface area contributed by atoms with Crippen molar-refractivity contribution < 1.29 is 17.9 Å². The maximum atomic E-state index is 12.3. The first-order valence-electron chi connectivity index (χ1n) is 6.43. The third kappa shape index (κ3) is 3.44. The van der Waals surface area contributed by atoms with Crippen molar-refractivity contribution in [2.24, 2.45) is 0 Å². The Morgan fingerprint density at radius 2 is 1.88 bits per heavy atom. The Morgan fingerprint density at radius 3 is 2.35 bits per heavy atom. The fourth-order valence-corrected chi connectivity index (χ4v) is 4.72. The third-order valence-electron chi connectivity index (χ3n) is 3.26. The minimum atomic E-state index is -3.36. The van der Waals surface area contributed by atoms with E-state index in [9.17, 15) is 13.2 Å². The van der Waals surface area contributed by atoms with Crippen LogP contribution in [0.25, 0.3) is 0 Å². The van der Waals surface area contributed by atoms with Crippen molar-refractivity contribution in [1.29, 1.82) is 0 Å². The van der Waals surface area contributed by atoms with Gasteiger partial charge in [-0.05, 0) is 26.2 Å². The third-order valence-corrected chi connectivity index (χ3v) is 5.89. The van der Waals surface area contributed by atoms with Crippen molar-refractivity contribution in [2.45, 2.75) is 62.9 Å². The van der Waals surface area contributed by atoms with Gasteiger partial charge in [-0.3, -0.25) is 4.79 Å². The van der Waals surface area contributed by atoms with Crippen LogP contribution in [-0.4, -0.2) is 31.5 Å². The molecule has 1 fully saturated rings. The number of rotatable bonds is 6. The molecule has 0 amide bonds.